The molecule has 1 atom stereocenters. The zero-order valence-corrected chi connectivity index (χ0v) is 14.0. The molecule has 0 bridgehead atoms. The van der Waals surface area contributed by atoms with E-state index in [-0.39, 0.29) is 17.9 Å². The molecule has 2 rings (SSSR count). The second-order valence-electron chi connectivity index (χ2n) is 6.19. The van der Waals surface area contributed by atoms with Crippen LogP contribution in [0.1, 0.15) is 30.3 Å². The van der Waals surface area contributed by atoms with E-state index in [1.54, 1.807) is 31.1 Å². The van der Waals surface area contributed by atoms with Crippen molar-refractivity contribution in [3.05, 3.63) is 35.8 Å². The van der Waals surface area contributed by atoms with Crippen LogP contribution in [0.15, 0.2) is 34.5 Å². The molecule has 1 unspecified atom stereocenters. The number of nitrogens with one attached hydrogen (secondary N) is 1. The van der Waals surface area contributed by atoms with Crippen molar-refractivity contribution >= 4 is 11.8 Å². The minimum atomic E-state index is -0.183. The van der Waals surface area contributed by atoms with Crippen LogP contribution < -0.4 is 5.32 Å². The summed E-state index contributed by atoms with van der Waals surface area (Å²) in [6.45, 7) is 4.11. The highest BCUT2D eigenvalue weighted by Crippen LogP contribution is 2.16. The number of amides is 2. The minimum absolute atomic E-state index is 0.0498. The van der Waals surface area contributed by atoms with E-state index < -0.39 is 0 Å². The van der Waals surface area contributed by atoms with Crippen molar-refractivity contribution in [2.45, 2.75) is 25.8 Å². The van der Waals surface area contributed by atoms with Crippen molar-refractivity contribution in [1.82, 2.24) is 15.1 Å². The molecule has 0 saturated carbocycles. The van der Waals surface area contributed by atoms with Gasteiger partial charge in [0.1, 0.15) is 0 Å². The van der Waals surface area contributed by atoms with Gasteiger partial charge in [-0.05, 0) is 31.9 Å². The molecule has 2 heterocycles. The lowest BCUT2D eigenvalue weighted by Crippen LogP contribution is -2.39. The highest BCUT2D eigenvalue weighted by molar-refractivity contribution is 5.91. The molecule has 0 aliphatic carbocycles. The molecule has 1 aromatic rings. The molecular formula is C17H25N3O3. The molecule has 0 spiro atoms. The van der Waals surface area contributed by atoms with E-state index in [1.165, 1.54) is 11.8 Å². The first kappa shape index (κ1) is 17.3. The summed E-state index contributed by atoms with van der Waals surface area (Å²) in [6.07, 6.45) is 5.42. The summed E-state index contributed by atoms with van der Waals surface area (Å²) in [6, 6.07) is 3.41. The first-order chi connectivity index (χ1) is 11.0. The largest absolute Gasteiger partial charge is 0.459 e. The average Bonchev–Trinajstić information content (AvgIpc) is 3.03. The van der Waals surface area contributed by atoms with Gasteiger partial charge in [-0.15, -0.1) is 0 Å². The zero-order chi connectivity index (χ0) is 16.8. The van der Waals surface area contributed by atoms with Crippen LogP contribution in [-0.4, -0.2) is 61.4 Å². The van der Waals surface area contributed by atoms with Gasteiger partial charge in [0.15, 0.2) is 5.76 Å². The molecule has 126 valence electrons. The average molecular weight is 319 g/mol. The first-order valence-electron chi connectivity index (χ1n) is 7.90. The van der Waals surface area contributed by atoms with E-state index in [9.17, 15) is 9.59 Å². The van der Waals surface area contributed by atoms with E-state index in [0.29, 0.717) is 12.3 Å². The third kappa shape index (κ3) is 5.25. The smallest absolute Gasteiger partial charge is 0.287 e. The van der Waals surface area contributed by atoms with Crippen molar-refractivity contribution < 1.29 is 14.0 Å². The Morgan fingerprint density at radius 1 is 1.43 bits per heavy atom. The number of rotatable bonds is 6. The van der Waals surface area contributed by atoms with Gasteiger partial charge in [-0.2, -0.15) is 0 Å². The topological polar surface area (TPSA) is 65.8 Å². The standard InChI is InChI=1S/C17H25N3O3/c1-13(18-17(22)15-5-4-10-23-15)11-14-6-8-20(9-7-14)12-16(21)19(2)3/h4-6,10,13H,7-9,11-12H2,1-3H3,(H,18,22). The Morgan fingerprint density at radius 2 is 2.22 bits per heavy atom. The second kappa shape index (κ2) is 7.97. The third-order valence-corrected chi connectivity index (χ3v) is 3.94. The molecule has 1 N–H and O–H groups in total. The Morgan fingerprint density at radius 3 is 2.78 bits per heavy atom. The molecule has 1 aromatic heterocycles. The lowest BCUT2D eigenvalue weighted by molar-refractivity contribution is -0.129. The second-order valence-corrected chi connectivity index (χ2v) is 6.19. The normalized spacial score (nSPS) is 16.6. The molecule has 1 aliphatic rings. The summed E-state index contributed by atoms with van der Waals surface area (Å²) in [5.74, 6) is 0.279. The Labute approximate surface area is 137 Å². The highest BCUT2D eigenvalue weighted by atomic mass is 16.3. The number of nitrogens with zero attached hydrogens (tertiary/aromatic N) is 2. The van der Waals surface area contributed by atoms with Crippen LogP contribution in [0.4, 0.5) is 0 Å². The van der Waals surface area contributed by atoms with Crippen LogP contribution in [-0.2, 0) is 4.79 Å². The molecule has 1 aliphatic heterocycles. The van der Waals surface area contributed by atoms with Crippen molar-refractivity contribution in [3.8, 4) is 0 Å². The van der Waals surface area contributed by atoms with Gasteiger partial charge in [-0.1, -0.05) is 11.6 Å². The van der Waals surface area contributed by atoms with Gasteiger partial charge in [-0.3, -0.25) is 14.5 Å². The fourth-order valence-corrected chi connectivity index (χ4v) is 2.56. The van der Waals surface area contributed by atoms with Crippen LogP contribution in [0.25, 0.3) is 0 Å². The fraction of sp³-hybridized carbons (Fsp3) is 0.529. The van der Waals surface area contributed by atoms with Crippen LogP contribution in [0.3, 0.4) is 0 Å². The molecule has 0 radical (unpaired) electrons. The number of carbonyl (C=O) groups is 2. The fourth-order valence-electron chi connectivity index (χ4n) is 2.56. The Kier molecular flexibility index (Phi) is 5.98. The van der Waals surface area contributed by atoms with Crippen molar-refractivity contribution in [1.29, 1.82) is 0 Å². The highest BCUT2D eigenvalue weighted by Gasteiger charge is 2.18. The molecule has 23 heavy (non-hydrogen) atoms. The van der Waals surface area contributed by atoms with Crippen LogP contribution in [0.2, 0.25) is 0 Å². The Hall–Kier alpha value is -2.08. The minimum Gasteiger partial charge on any atom is -0.459 e. The van der Waals surface area contributed by atoms with Gasteiger partial charge in [-0.25, -0.2) is 0 Å². The van der Waals surface area contributed by atoms with E-state index in [2.05, 4.69) is 16.3 Å². The van der Waals surface area contributed by atoms with Gasteiger partial charge in [0.05, 0.1) is 12.8 Å². The summed E-state index contributed by atoms with van der Waals surface area (Å²) >= 11 is 0. The number of carbonyl (C=O) groups excluding carboxylic acids is 2. The SMILES string of the molecule is CC(CC1=CCN(CC(=O)N(C)C)CC1)NC(=O)c1ccco1. The van der Waals surface area contributed by atoms with E-state index in [1.807, 2.05) is 6.92 Å². The summed E-state index contributed by atoms with van der Waals surface area (Å²) in [5.41, 5.74) is 1.32. The van der Waals surface area contributed by atoms with Gasteiger partial charge < -0.3 is 14.6 Å². The maximum Gasteiger partial charge on any atom is 0.287 e. The van der Waals surface area contributed by atoms with Crippen LogP contribution >= 0.6 is 0 Å². The van der Waals surface area contributed by atoms with Crippen molar-refractivity contribution in [3.63, 3.8) is 0 Å². The lowest BCUT2D eigenvalue weighted by atomic mass is 10.0. The summed E-state index contributed by atoms with van der Waals surface area (Å²) in [5, 5.41) is 2.94. The maximum absolute atomic E-state index is 11.9. The van der Waals surface area contributed by atoms with Crippen LogP contribution in [0.5, 0.6) is 0 Å². The van der Waals surface area contributed by atoms with E-state index >= 15 is 0 Å². The van der Waals surface area contributed by atoms with Gasteiger partial charge in [0, 0.05) is 33.2 Å². The summed E-state index contributed by atoms with van der Waals surface area (Å²) < 4.78 is 5.09. The molecule has 2 amide bonds. The number of furan rings is 1. The van der Waals surface area contributed by atoms with Gasteiger partial charge >= 0.3 is 0 Å². The summed E-state index contributed by atoms with van der Waals surface area (Å²) in [7, 11) is 3.55. The molecule has 6 heteroatoms. The Balaban J connectivity index is 1.77. The zero-order valence-electron chi connectivity index (χ0n) is 14.0. The number of hydrogen-bond acceptors (Lipinski definition) is 4. The molecule has 0 saturated heterocycles. The molecule has 0 fully saturated rings. The van der Waals surface area contributed by atoms with Crippen LogP contribution in [0, 0.1) is 0 Å². The maximum atomic E-state index is 11.9. The monoisotopic (exact) mass is 319 g/mol. The first-order valence-corrected chi connectivity index (χ1v) is 7.90. The van der Waals surface area contributed by atoms with E-state index in [0.717, 1.165) is 25.9 Å². The Bertz CT molecular complexity index is 564. The summed E-state index contributed by atoms with van der Waals surface area (Å²) in [4.78, 5) is 27.4. The predicted molar refractivity (Wildman–Crippen MR) is 88.1 cm³/mol. The molecule has 6 nitrogen and oxygen atoms in total. The van der Waals surface area contributed by atoms with Crippen molar-refractivity contribution in [2.75, 3.05) is 33.7 Å². The molecular weight excluding hydrogens is 294 g/mol. The molecule has 0 aromatic carbocycles. The predicted octanol–water partition coefficient (Wildman–Crippen LogP) is 1.51. The van der Waals surface area contributed by atoms with Gasteiger partial charge in [0.2, 0.25) is 5.91 Å². The third-order valence-electron chi connectivity index (χ3n) is 3.94. The van der Waals surface area contributed by atoms with Crippen molar-refractivity contribution in [2.24, 2.45) is 0 Å². The number of likely N-dealkylation sites (N-methyl/N-ethyl adjacent to an activating group) is 1. The number of hydrogen-bond donors (Lipinski definition) is 1. The quantitative estimate of drug-likeness (QED) is 0.807. The van der Waals surface area contributed by atoms with Gasteiger partial charge in [0.25, 0.3) is 5.91 Å². The lowest BCUT2D eigenvalue weighted by Gasteiger charge is -2.27. The van der Waals surface area contributed by atoms with E-state index in [4.69, 9.17) is 4.42 Å².